The molecule has 2 aromatic rings. The molecule has 0 heterocycles. The van der Waals surface area contributed by atoms with E-state index in [0.29, 0.717) is 17.2 Å². The van der Waals surface area contributed by atoms with E-state index >= 15 is 0 Å². The molecule has 0 unspecified atom stereocenters. The predicted octanol–water partition coefficient (Wildman–Crippen LogP) is 5.04. The van der Waals surface area contributed by atoms with Crippen LogP contribution in [0.5, 0.6) is 17.2 Å². The van der Waals surface area contributed by atoms with Gasteiger partial charge in [0, 0.05) is 5.56 Å². The van der Waals surface area contributed by atoms with Crippen LogP contribution in [0.4, 0.5) is 0 Å². The van der Waals surface area contributed by atoms with Gasteiger partial charge in [-0.2, -0.15) is 0 Å². The maximum Gasteiger partial charge on any atom is 0.253 e. The maximum absolute atomic E-state index is 11.9. The van der Waals surface area contributed by atoms with Gasteiger partial charge in [-0.05, 0) is 30.3 Å². The first-order valence-corrected chi connectivity index (χ1v) is 7.07. The first-order chi connectivity index (χ1) is 9.91. The smallest absolute Gasteiger partial charge is 0.253 e. The van der Waals surface area contributed by atoms with Crippen molar-refractivity contribution >= 4 is 40.6 Å². The molecule has 110 valence electrons. The van der Waals surface area contributed by atoms with Crippen molar-refractivity contribution in [2.24, 2.45) is 0 Å². The average Bonchev–Trinajstić information content (AvgIpc) is 2.47. The molecule has 0 radical (unpaired) electrons. The fourth-order valence-electron chi connectivity index (χ4n) is 1.67. The molecular weight excluding hydrogens is 335 g/mol. The molecule has 0 aromatic heterocycles. The molecule has 2 rings (SSSR count). The number of Topliss-reactive ketones (excluding diaryl/α,β-unsaturated/α-hetero) is 1. The van der Waals surface area contributed by atoms with Gasteiger partial charge in [-0.25, -0.2) is 0 Å². The van der Waals surface area contributed by atoms with Crippen LogP contribution < -0.4 is 9.47 Å². The standard InChI is InChI=1S/C15H11Cl3O3/c1-20-13-9-10(14(19)15(16,17)18)7-8-12(13)21-11-5-3-2-4-6-11/h2-9H,1H3. The lowest BCUT2D eigenvalue weighted by Gasteiger charge is -2.13. The third kappa shape index (κ3) is 4.03. The van der Waals surface area contributed by atoms with Crippen molar-refractivity contribution in [3.05, 3.63) is 54.1 Å². The van der Waals surface area contributed by atoms with E-state index in [2.05, 4.69) is 0 Å². The highest BCUT2D eigenvalue weighted by molar-refractivity contribution is 6.77. The minimum Gasteiger partial charge on any atom is -0.493 e. The summed E-state index contributed by atoms with van der Waals surface area (Å²) >= 11 is 16.8. The number of carbonyl (C=O) groups excluding carboxylic acids is 1. The van der Waals surface area contributed by atoms with Crippen LogP contribution in [0.25, 0.3) is 0 Å². The largest absolute Gasteiger partial charge is 0.493 e. The molecule has 0 aliphatic heterocycles. The second kappa shape index (κ2) is 6.56. The zero-order chi connectivity index (χ0) is 15.5. The van der Waals surface area contributed by atoms with Gasteiger partial charge in [0.1, 0.15) is 5.75 Å². The second-order valence-electron chi connectivity index (χ2n) is 4.11. The summed E-state index contributed by atoms with van der Waals surface area (Å²) in [5, 5.41) is 0. The van der Waals surface area contributed by atoms with E-state index in [4.69, 9.17) is 44.3 Å². The molecule has 0 aliphatic rings. The van der Waals surface area contributed by atoms with E-state index in [1.165, 1.54) is 19.2 Å². The summed E-state index contributed by atoms with van der Waals surface area (Å²) in [4.78, 5) is 11.9. The zero-order valence-electron chi connectivity index (χ0n) is 11.0. The molecule has 0 aliphatic carbocycles. The summed E-state index contributed by atoms with van der Waals surface area (Å²) in [5.74, 6) is 0.858. The van der Waals surface area contributed by atoms with Crippen LogP contribution in [0.2, 0.25) is 0 Å². The molecule has 0 bridgehead atoms. The van der Waals surface area contributed by atoms with Gasteiger partial charge < -0.3 is 9.47 Å². The summed E-state index contributed by atoms with van der Waals surface area (Å²) in [6.45, 7) is 0. The number of carbonyl (C=O) groups is 1. The van der Waals surface area contributed by atoms with Crippen LogP contribution in [0.15, 0.2) is 48.5 Å². The first-order valence-electron chi connectivity index (χ1n) is 5.94. The molecule has 21 heavy (non-hydrogen) atoms. The highest BCUT2D eigenvalue weighted by Crippen LogP contribution is 2.36. The molecule has 0 amide bonds. The number of rotatable bonds is 4. The maximum atomic E-state index is 11.9. The number of methoxy groups -OCH3 is 1. The molecule has 0 fully saturated rings. The number of benzene rings is 2. The Morgan fingerprint density at radius 1 is 1.00 bits per heavy atom. The molecule has 0 atom stereocenters. The Bertz CT molecular complexity index is 636. The minimum absolute atomic E-state index is 0.229. The van der Waals surface area contributed by atoms with Crippen LogP contribution in [-0.4, -0.2) is 16.7 Å². The topological polar surface area (TPSA) is 35.5 Å². The molecule has 2 aromatic carbocycles. The van der Waals surface area contributed by atoms with E-state index < -0.39 is 9.58 Å². The van der Waals surface area contributed by atoms with Crippen molar-refractivity contribution in [2.75, 3.05) is 7.11 Å². The fourth-order valence-corrected chi connectivity index (χ4v) is 2.00. The molecule has 3 nitrogen and oxygen atoms in total. The number of para-hydroxylation sites is 1. The third-order valence-corrected chi connectivity index (χ3v) is 3.17. The van der Waals surface area contributed by atoms with Gasteiger partial charge >= 0.3 is 0 Å². The first kappa shape index (κ1) is 16.0. The van der Waals surface area contributed by atoms with Crippen LogP contribution in [0, 0.1) is 0 Å². The number of ketones is 1. The average molecular weight is 346 g/mol. The fraction of sp³-hybridized carbons (Fsp3) is 0.133. The Balaban J connectivity index is 2.31. The van der Waals surface area contributed by atoms with E-state index in [0.717, 1.165) is 0 Å². The van der Waals surface area contributed by atoms with Gasteiger partial charge in [-0.1, -0.05) is 53.0 Å². The number of alkyl halides is 3. The number of hydrogen-bond acceptors (Lipinski definition) is 3. The molecule has 0 saturated carbocycles. The summed E-state index contributed by atoms with van der Waals surface area (Å²) in [6.07, 6.45) is 0. The Kier molecular flexibility index (Phi) is 4.99. The van der Waals surface area contributed by atoms with E-state index in [1.807, 2.05) is 18.2 Å². The van der Waals surface area contributed by atoms with Crippen LogP contribution in [0.3, 0.4) is 0 Å². The Hall–Kier alpha value is -1.42. The Morgan fingerprint density at radius 2 is 1.67 bits per heavy atom. The Morgan fingerprint density at radius 3 is 2.24 bits per heavy atom. The molecule has 0 spiro atoms. The quantitative estimate of drug-likeness (QED) is 0.575. The third-order valence-electron chi connectivity index (χ3n) is 2.65. The van der Waals surface area contributed by atoms with E-state index in [1.54, 1.807) is 18.2 Å². The van der Waals surface area contributed by atoms with Crippen molar-refractivity contribution in [3.63, 3.8) is 0 Å². The second-order valence-corrected chi connectivity index (χ2v) is 6.39. The van der Waals surface area contributed by atoms with Gasteiger partial charge in [-0.3, -0.25) is 4.79 Å². The SMILES string of the molecule is COc1cc(C(=O)C(Cl)(Cl)Cl)ccc1Oc1ccccc1. The lowest BCUT2D eigenvalue weighted by molar-refractivity contribution is 0.0996. The molecular formula is C15H11Cl3O3. The minimum atomic E-state index is -2.01. The molecule has 0 N–H and O–H groups in total. The number of ether oxygens (including phenoxy) is 2. The summed E-state index contributed by atoms with van der Waals surface area (Å²) in [6, 6.07) is 13.8. The van der Waals surface area contributed by atoms with E-state index in [9.17, 15) is 4.79 Å². The normalized spacial score (nSPS) is 11.0. The molecule has 0 saturated heterocycles. The van der Waals surface area contributed by atoms with Crippen molar-refractivity contribution in [1.29, 1.82) is 0 Å². The van der Waals surface area contributed by atoms with Crippen LogP contribution in [-0.2, 0) is 0 Å². The van der Waals surface area contributed by atoms with Crippen LogP contribution >= 0.6 is 34.8 Å². The monoisotopic (exact) mass is 344 g/mol. The van der Waals surface area contributed by atoms with Gasteiger partial charge in [0.05, 0.1) is 7.11 Å². The zero-order valence-corrected chi connectivity index (χ0v) is 13.2. The van der Waals surface area contributed by atoms with Gasteiger partial charge in [0.25, 0.3) is 3.79 Å². The summed E-state index contributed by atoms with van der Waals surface area (Å²) in [7, 11) is 1.47. The van der Waals surface area contributed by atoms with Crippen molar-refractivity contribution in [3.8, 4) is 17.2 Å². The highest BCUT2D eigenvalue weighted by Gasteiger charge is 2.32. The highest BCUT2D eigenvalue weighted by atomic mass is 35.6. The summed E-state index contributed by atoms with van der Waals surface area (Å²) < 4.78 is 8.89. The summed E-state index contributed by atoms with van der Waals surface area (Å²) in [5.41, 5.74) is 0.229. The van der Waals surface area contributed by atoms with Gasteiger partial charge in [0.15, 0.2) is 11.5 Å². The van der Waals surface area contributed by atoms with Crippen molar-refractivity contribution in [1.82, 2.24) is 0 Å². The van der Waals surface area contributed by atoms with Crippen molar-refractivity contribution in [2.45, 2.75) is 3.79 Å². The number of halogens is 3. The Labute approximate surface area is 137 Å². The number of hydrogen-bond donors (Lipinski definition) is 0. The predicted molar refractivity (Wildman–Crippen MR) is 84.1 cm³/mol. The van der Waals surface area contributed by atoms with Gasteiger partial charge in [0.2, 0.25) is 5.78 Å². The van der Waals surface area contributed by atoms with Crippen molar-refractivity contribution < 1.29 is 14.3 Å². The van der Waals surface area contributed by atoms with Crippen LogP contribution in [0.1, 0.15) is 10.4 Å². The lowest BCUT2D eigenvalue weighted by atomic mass is 10.1. The molecule has 6 heteroatoms. The van der Waals surface area contributed by atoms with E-state index in [-0.39, 0.29) is 5.56 Å². The van der Waals surface area contributed by atoms with Gasteiger partial charge in [-0.15, -0.1) is 0 Å². The lowest BCUT2D eigenvalue weighted by Crippen LogP contribution is -2.18.